The third kappa shape index (κ3) is 4.14. The minimum atomic E-state index is -0.450. The lowest BCUT2D eigenvalue weighted by Gasteiger charge is -2.28. The van der Waals surface area contributed by atoms with Crippen LogP contribution in [0.4, 0.5) is 0 Å². The maximum Gasteiger partial charge on any atom is 0.204 e. The van der Waals surface area contributed by atoms with Crippen molar-refractivity contribution in [3.63, 3.8) is 0 Å². The van der Waals surface area contributed by atoms with Crippen LogP contribution in [0.15, 0.2) is 60.7 Å². The number of methoxy groups -OCH3 is 3. The Morgan fingerprint density at radius 3 is 2.26 bits per heavy atom. The molecule has 1 heterocycles. The van der Waals surface area contributed by atoms with Gasteiger partial charge in [0.15, 0.2) is 17.3 Å². The predicted octanol–water partition coefficient (Wildman–Crippen LogP) is 5.00. The van der Waals surface area contributed by atoms with Gasteiger partial charge in [-0.3, -0.25) is 4.79 Å². The summed E-state index contributed by atoms with van der Waals surface area (Å²) in [6.45, 7) is 0.489. The molecule has 0 N–H and O–H groups in total. The Bertz CT molecular complexity index is 1060. The van der Waals surface area contributed by atoms with Gasteiger partial charge in [0.2, 0.25) is 5.75 Å². The summed E-state index contributed by atoms with van der Waals surface area (Å²) >= 11 is 0. The summed E-state index contributed by atoms with van der Waals surface area (Å²) in [5.74, 6) is 2.23. The van der Waals surface area contributed by atoms with E-state index in [1.54, 1.807) is 6.07 Å². The highest BCUT2D eigenvalue weighted by atomic mass is 16.5. The van der Waals surface area contributed by atoms with Crippen LogP contribution in [0.5, 0.6) is 28.7 Å². The Morgan fingerprint density at radius 1 is 0.903 bits per heavy atom. The molecule has 0 amide bonds. The average molecular weight is 420 g/mol. The average Bonchev–Trinajstić information content (AvgIpc) is 2.82. The smallest absolute Gasteiger partial charge is 0.204 e. The lowest BCUT2D eigenvalue weighted by Crippen LogP contribution is -2.22. The molecule has 0 spiro atoms. The Balaban J connectivity index is 1.57. The van der Waals surface area contributed by atoms with Crippen LogP contribution in [0.3, 0.4) is 0 Å². The van der Waals surface area contributed by atoms with Crippen LogP contribution >= 0.6 is 0 Å². The molecule has 1 unspecified atom stereocenters. The summed E-state index contributed by atoms with van der Waals surface area (Å²) in [4.78, 5) is 13.0. The number of benzene rings is 3. The molecule has 6 nitrogen and oxygen atoms in total. The topological polar surface area (TPSA) is 63.2 Å². The first kappa shape index (κ1) is 20.6. The maximum atomic E-state index is 13.0. The van der Waals surface area contributed by atoms with Gasteiger partial charge in [-0.25, -0.2) is 0 Å². The zero-order valence-corrected chi connectivity index (χ0v) is 17.7. The van der Waals surface area contributed by atoms with E-state index in [4.69, 9.17) is 23.7 Å². The number of ketones is 1. The second-order valence-electron chi connectivity index (χ2n) is 7.10. The van der Waals surface area contributed by atoms with Gasteiger partial charge in [0, 0.05) is 6.07 Å². The summed E-state index contributed by atoms with van der Waals surface area (Å²) < 4.78 is 28.3. The summed E-state index contributed by atoms with van der Waals surface area (Å²) in [6.07, 6.45) is -0.253. The molecule has 0 bridgehead atoms. The summed E-state index contributed by atoms with van der Waals surface area (Å²) in [7, 11) is 4.55. The zero-order valence-electron chi connectivity index (χ0n) is 17.7. The van der Waals surface area contributed by atoms with Gasteiger partial charge in [-0.1, -0.05) is 42.5 Å². The number of rotatable bonds is 7. The lowest BCUT2D eigenvalue weighted by molar-refractivity contribution is 0.0835. The van der Waals surface area contributed by atoms with Gasteiger partial charge in [-0.2, -0.15) is 0 Å². The molecule has 0 aromatic heterocycles. The molecule has 3 aromatic rings. The van der Waals surface area contributed by atoms with Crippen molar-refractivity contribution in [1.29, 1.82) is 0 Å². The minimum Gasteiger partial charge on any atom is -0.496 e. The van der Waals surface area contributed by atoms with Crippen LogP contribution in [0, 0.1) is 0 Å². The van der Waals surface area contributed by atoms with Crippen molar-refractivity contribution in [3.8, 4) is 28.7 Å². The van der Waals surface area contributed by atoms with Crippen molar-refractivity contribution in [2.45, 2.75) is 19.1 Å². The lowest BCUT2D eigenvalue weighted by atomic mass is 9.95. The van der Waals surface area contributed by atoms with Crippen LogP contribution in [0.25, 0.3) is 0 Å². The van der Waals surface area contributed by atoms with Crippen molar-refractivity contribution in [3.05, 3.63) is 77.4 Å². The molecule has 0 saturated carbocycles. The highest BCUT2D eigenvalue weighted by molar-refractivity contribution is 6.04. The summed E-state index contributed by atoms with van der Waals surface area (Å²) in [5.41, 5.74) is 2.34. The number of carbonyl (C=O) groups is 1. The number of Topliss-reactive ketones (excluding diaryl/α,β-unsaturated/α-hetero) is 1. The molecule has 1 aliphatic rings. The van der Waals surface area contributed by atoms with Gasteiger partial charge < -0.3 is 23.7 Å². The van der Waals surface area contributed by atoms with Crippen molar-refractivity contribution in [1.82, 2.24) is 0 Å². The molecule has 0 radical (unpaired) electrons. The van der Waals surface area contributed by atoms with E-state index >= 15 is 0 Å². The Hall–Kier alpha value is -3.67. The maximum absolute atomic E-state index is 13.0. The van der Waals surface area contributed by atoms with Crippen LogP contribution < -0.4 is 23.7 Å². The molecular formula is C25H24O6. The molecular weight excluding hydrogens is 396 g/mol. The predicted molar refractivity (Wildman–Crippen MR) is 116 cm³/mol. The van der Waals surface area contributed by atoms with Crippen LogP contribution in [-0.4, -0.2) is 27.1 Å². The normalized spacial score (nSPS) is 14.9. The SMILES string of the molecule is COc1cc(OC)c2c(c1OC)OC(c1ccc(OCc3ccccc3)cc1)CC2=O. The Kier molecular flexibility index (Phi) is 5.98. The standard InChI is InChI=1S/C25H24O6/c1-27-21-14-22(28-2)24(29-3)25-23(21)19(26)13-20(31-25)17-9-11-18(12-10-17)30-15-16-7-5-4-6-8-16/h4-12,14,20H,13,15H2,1-3H3. The molecule has 1 atom stereocenters. The largest absolute Gasteiger partial charge is 0.496 e. The first-order valence-electron chi connectivity index (χ1n) is 9.94. The number of hydrogen-bond acceptors (Lipinski definition) is 6. The number of hydrogen-bond donors (Lipinski definition) is 0. The molecule has 0 aliphatic carbocycles. The van der Waals surface area contributed by atoms with Crippen molar-refractivity contribution in [2.75, 3.05) is 21.3 Å². The zero-order chi connectivity index (χ0) is 21.8. The molecule has 0 saturated heterocycles. The summed E-state index contributed by atoms with van der Waals surface area (Å²) in [5, 5.41) is 0. The quantitative estimate of drug-likeness (QED) is 0.536. The highest BCUT2D eigenvalue weighted by Crippen LogP contribution is 2.50. The second kappa shape index (κ2) is 9.00. The molecule has 0 fully saturated rings. The third-order valence-electron chi connectivity index (χ3n) is 5.22. The Morgan fingerprint density at radius 2 is 1.61 bits per heavy atom. The van der Waals surface area contributed by atoms with E-state index in [1.165, 1.54) is 21.3 Å². The number of fused-ring (bicyclic) bond motifs is 1. The fourth-order valence-electron chi connectivity index (χ4n) is 3.64. The van der Waals surface area contributed by atoms with E-state index in [0.717, 1.165) is 16.9 Å². The van der Waals surface area contributed by atoms with Crippen LogP contribution in [-0.2, 0) is 6.61 Å². The third-order valence-corrected chi connectivity index (χ3v) is 5.22. The number of ether oxygens (including phenoxy) is 5. The van der Waals surface area contributed by atoms with Crippen molar-refractivity contribution >= 4 is 5.78 Å². The fourth-order valence-corrected chi connectivity index (χ4v) is 3.64. The van der Waals surface area contributed by atoms with Crippen LogP contribution in [0.1, 0.15) is 34.0 Å². The van der Waals surface area contributed by atoms with Gasteiger partial charge in [-0.15, -0.1) is 0 Å². The van der Waals surface area contributed by atoms with Crippen molar-refractivity contribution < 1.29 is 28.5 Å². The van der Waals surface area contributed by atoms with E-state index < -0.39 is 6.10 Å². The molecule has 160 valence electrons. The van der Waals surface area contributed by atoms with E-state index in [-0.39, 0.29) is 12.2 Å². The highest BCUT2D eigenvalue weighted by Gasteiger charge is 2.35. The first-order chi connectivity index (χ1) is 15.1. The molecule has 6 heteroatoms. The van der Waals surface area contributed by atoms with E-state index in [1.807, 2.05) is 54.6 Å². The first-order valence-corrected chi connectivity index (χ1v) is 9.94. The molecule has 31 heavy (non-hydrogen) atoms. The van der Waals surface area contributed by atoms with Gasteiger partial charge in [-0.05, 0) is 23.3 Å². The monoisotopic (exact) mass is 420 g/mol. The van der Waals surface area contributed by atoms with E-state index in [0.29, 0.717) is 35.2 Å². The van der Waals surface area contributed by atoms with E-state index in [2.05, 4.69) is 0 Å². The molecule has 3 aromatic carbocycles. The summed E-state index contributed by atoms with van der Waals surface area (Å²) in [6, 6.07) is 19.2. The molecule has 4 rings (SSSR count). The Labute approximate surface area is 181 Å². The van der Waals surface area contributed by atoms with Gasteiger partial charge >= 0.3 is 0 Å². The van der Waals surface area contributed by atoms with Crippen LogP contribution in [0.2, 0.25) is 0 Å². The molecule has 1 aliphatic heterocycles. The van der Waals surface area contributed by atoms with Crippen molar-refractivity contribution in [2.24, 2.45) is 0 Å². The van der Waals surface area contributed by atoms with E-state index in [9.17, 15) is 4.79 Å². The van der Waals surface area contributed by atoms with Gasteiger partial charge in [0.05, 0.1) is 27.8 Å². The van der Waals surface area contributed by atoms with Gasteiger partial charge in [0.1, 0.15) is 29.8 Å². The van der Waals surface area contributed by atoms with Gasteiger partial charge in [0.25, 0.3) is 0 Å². The second-order valence-corrected chi connectivity index (χ2v) is 7.10. The minimum absolute atomic E-state index is 0.0755. The fraction of sp³-hybridized carbons (Fsp3) is 0.240. The number of carbonyl (C=O) groups excluding carboxylic acids is 1.